The van der Waals surface area contributed by atoms with E-state index in [1.807, 2.05) is 0 Å². The van der Waals surface area contributed by atoms with E-state index in [1.54, 1.807) is 22.3 Å². The van der Waals surface area contributed by atoms with Crippen molar-refractivity contribution in [2.45, 2.75) is 120 Å². The monoisotopic (exact) mass is 680 g/mol. The van der Waals surface area contributed by atoms with E-state index in [0.29, 0.717) is 11.8 Å². The van der Waals surface area contributed by atoms with Crippen LogP contribution in [0, 0.1) is 37.5 Å². The molecule has 5 rings (SSSR count). The second-order valence-corrected chi connectivity index (χ2v) is 14.3. The average molecular weight is 680 g/mol. The number of hydrogen-bond donors (Lipinski definition) is 1. The first-order valence-electron chi connectivity index (χ1n) is 18.9. The number of terminal acetylenes is 2. The number of nitrogens with one attached hydrogen (secondary N) is 1. The maximum Gasteiger partial charge on any atom is 0.0477 e. The molecule has 0 amide bonds. The fourth-order valence-electron chi connectivity index (χ4n) is 7.23. The number of allylic oxidation sites excluding steroid dienone is 23. The smallest absolute Gasteiger partial charge is 0.0477 e. The highest BCUT2D eigenvalue weighted by Crippen LogP contribution is 2.49. The molecule has 0 saturated heterocycles. The highest BCUT2D eigenvalue weighted by Gasteiger charge is 2.35. The molecule has 3 atom stereocenters. The molecule has 0 saturated carbocycles. The van der Waals surface area contributed by atoms with Gasteiger partial charge in [0.25, 0.3) is 0 Å². The lowest BCUT2D eigenvalue weighted by Crippen LogP contribution is -2.30. The second-order valence-electron chi connectivity index (χ2n) is 14.3. The first-order valence-corrected chi connectivity index (χ1v) is 18.9. The van der Waals surface area contributed by atoms with Gasteiger partial charge in [-0.05, 0) is 150 Å². The predicted octanol–water partition coefficient (Wildman–Crippen LogP) is 13.7. The zero-order valence-electron chi connectivity index (χ0n) is 33.3. The molecule has 51 heavy (non-hydrogen) atoms. The highest BCUT2D eigenvalue weighted by atomic mass is 14.9. The third-order valence-corrected chi connectivity index (χ3v) is 10.2. The molecule has 0 aromatic carbocycles. The molecule has 0 spiro atoms. The van der Waals surface area contributed by atoms with Crippen molar-refractivity contribution in [3.63, 3.8) is 0 Å². The van der Waals surface area contributed by atoms with Gasteiger partial charge in [-0.25, -0.2) is 0 Å². The van der Waals surface area contributed by atoms with Gasteiger partial charge in [0.1, 0.15) is 0 Å². The van der Waals surface area contributed by atoms with E-state index in [2.05, 4.69) is 179 Å². The van der Waals surface area contributed by atoms with Crippen molar-refractivity contribution in [1.29, 1.82) is 0 Å². The maximum atomic E-state index is 4.00. The van der Waals surface area contributed by atoms with Gasteiger partial charge in [-0.2, -0.15) is 0 Å². The Morgan fingerprint density at radius 3 is 2.02 bits per heavy atom. The van der Waals surface area contributed by atoms with E-state index in [9.17, 15) is 0 Å². The lowest BCUT2D eigenvalue weighted by molar-refractivity contribution is 0.567. The largest absolute Gasteiger partial charge is 0.384 e. The minimum atomic E-state index is 0.264. The normalized spacial score (nSPS) is 20.6. The summed E-state index contributed by atoms with van der Waals surface area (Å²) in [6, 6.07) is 0.264. The van der Waals surface area contributed by atoms with E-state index in [0.717, 1.165) is 12.8 Å². The zero-order valence-corrected chi connectivity index (χ0v) is 33.3. The Kier molecular flexibility index (Phi) is 18.7. The molecule has 0 aromatic heterocycles. The molecule has 0 radical (unpaired) electrons. The van der Waals surface area contributed by atoms with Gasteiger partial charge in [-0.1, -0.05) is 109 Å². The number of hydrogen-bond acceptors (Lipinski definition) is 1. The Morgan fingerprint density at radius 1 is 0.804 bits per heavy atom. The van der Waals surface area contributed by atoms with Gasteiger partial charge in [-0.15, -0.1) is 25.7 Å². The molecule has 0 bridgehead atoms. The summed E-state index contributed by atoms with van der Waals surface area (Å²) in [5.74, 6) is 0.941. The third kappa shape index (κ3) is 12.1. The molecule has 270 valence electrons. The summed E-state index contributed by atoms with van der Waals surface area (Å²) in [6.45, 7) is 20.2. The van der Waals surface area contributed by atoms with Crippen LogP contribution in [0.25, 0.3) is 0 Å². The van der Waals surface area contributed by atoms with Crippen molar-refractivity contribution >= 4 is 0 Å². The Balaban J connectivity index is 0.000000646. The predicted molar refractivity (Wildman–Crippen MR) is 228 cm³/mol. The fourth-order valence-corrected chi connectivity index (χ4v) is 7.23. The standard InChI is InChI=1S/C38H51N.C8H10.2C2H2/c1-9-10-15-31(25(2)3)37(26(4)5)22-27(6)28(7)24-39-29(8)30-20-21-36-34-18-12-11-16-32(34)33-17-13-14-19-35(33)38(36)23-30;1-8-6-4-2-3-5-7-8;2*1-2/h12,14,18-24,29,36,38-39H,9-11,13,15-17H2,1-8H3;2,4-7H,3H2,1H3;2*1-2H/b27-22+,28-24+;;;. The van der Waals surface area contributed by atoms with Crippen molar-refractivity contribution in [3.05, 3.63) is 152 Å². The number of rotatable bonds is 9. The first-order chi connectivity index (χ1) is 24.6. The first kappa shape index (κ1) is 42.7. The fraction of sp³-hybridized carbons (Fsp3) is 0.400. The van der Waals surface area contributed by atoms with Crippen molar-refractivity contribution < 1.29 is 0 Å². The Morgan fingerprint density at radius 2 is 1.43 bits per heavy atom. The van der Waals surface area contributed by atoms with Gasteiger partial charge < -0.3 is 5.32 Å². The lowest BCUT2D eigenvalue weighted by atomic mass is 9.65. The zero-order chi connectivity index (χ0) is 37.9. The van der Waals surface area contributed by atoms with Gasteiger partial charge in [0.05, 0.1) is 0 Å². The molecule has 5 aliphatic carbocycles. The van der Waals surface area contributed by atoms with Gasteiger partial charge in [0, 0.05) is 24.1 Å². The highest BCUT2D eigenvalue weighted by molar-refractivity contribution is 5.58. The molecular formula is C50H65N. The van der Waals surface area contributed by atoms with Gasteiger partial charge in [-0.3, -0.25) is 0 Å². The van der Waals surface area contributed by atoms with E-state index >= 15 is 0 Å². The molecule has 3 unspecified atom stereocenters. The van der Waals surface area contributed by atoms with Gasteiger partial charge >= 0.3 is 0 Å². The van der Waals surface area contributed by atoms with E-state index in [4.69, 9.17) is 0 Å². The quantitative estimate of drug-likeness (QED) is 0.189. The minimum Gasteiger partial charge on any atom is -0.384 e. The molecule has 1 N–H and O–H groups in total. The lowest BCUT2D eigenvalue weighted by Gasteiger charge is -2.39. The molecule has 0 heterocycles. The van der Waals surface area contributed by atoms with Crippen LogP contribution in [0.4, 0.5) is 0 Å². The summed E-state index contributed by atoms with van der Waals surface area (Å²) in [5, 5.41) is 3.74. The third-order valence-electron chi connectivity index (χ3n) is 10.2. The summed E-state index contributed by atoms with van der Waals surface area (Å²) < 4.78 is 0. The van der Waals surface area contributed by atoms with Crippen LogP contribution in [0.5, 0.6) is 0 Å². The molecule has 1 heteroatoms. The van der Waals surface area contributed by atoms with Crippen molar-refractivity contribution in [2.75, 3.05) is 0 Å². The van der Waals surface area contributed by atoms with Crippen LogP contribution in [0.2, 0.25) is 0 Å². The summed E-state index contributed by atoms with van der Waals surface area (Å²) in [5.41, 5.74) is 17.6. The molecule has 5 aliphatic rings. The average Bonchev–Trinajstić information content (AvgIpc) is 3.42. The number of fused-ring (bicyclic) bond motifs is 4. The minimum absolute atomic E-state index is 0.264. The topological polar surface area (TPSA) is 12.0 Å². The van der Waals surface area contributed by atoms with Crippen LogP contribution >= 0.6 is 0 Å². The summed E-state index contributed by atoms with van der Waals surface area (Å²) >= 11 is 0. The molecular weight excluding hydrogens is 615 g/mol. The van der Waals surface area contributed by atoms with Crippen molar-refractivity contribution in [1.82, 2.24) is 5.32 Å². The Labute approximate surface area is 313 Å². The summed E-state index contributed by atoms with van der Waals surface area (Å²) in [4.78, 5) is 0. The molecule has 1 nitrogen and oxygen atoms in total. The summed E-state index contributed by atoms with van der Waals surface area (Å²) in [6.07, 6.45) is 57.8. The molecule has 0 aromatic rings. The van der Waals surface area contributed by atoms with E-state index in [1.165, 1.54) is 83.1 Å². The van der Waals surface area contributed by atoms with Crippen LogP contribution in [-0.4, -0.2) is 6.04 Å². The SMILES string of the molecule is C#C.C#C.CC1=CC=CCC=C1.CCCCC(=C(C)C)C(/C=C(C)/C(C)=C/NC(C)C1=CC2C3=C(CCC=C3)C3=C(C=CCC3)C2C=C1)=C(C)C. The van der Waals surface area contributed by atoms with Gasteiger partial charge in [0.15, 0.2) is 0 Å². The van der Waals surface area contributed by atoms with Crippen LogP contribution in [0.1, 0.15) is 114 Å². The van der Waals surface area contributed by atoms with Crippen LogP contribution < -0.4 is 5.32 Å². The van der Waals surface area contributed by atoms with Crippen LogP contribution in [0.15, 0.2) is 152 Å². The van der Waals surface area contributed by atoms with Crippen molar-refractivity contribution in [3.8, 4) is 25.7 Å². The second kappa shape index (κ2) is 22.4. The molecule has 0 fully saturated rings. The Bertz CT molecular complexity index is 1650. The summed E-state index contributed by atoms with van der Waals surface area (Å²) in [7, 11) is 0. The van der Waals surface area contributed by atoms with E-state index < -0.39 is 0 Å². The van der Waals surface area contributed by atoms with Gasteiger partial charge in [0.2, 0.25) is 0 Å². The van der Waals surface area contributed by atoms with Crippen LogP contribution in [0.3, 0.4) is 0 Å². The number of unbranched alkanes of at least 4 members (excludes halogenated alkanes) is 1. The molecule has 0 aliphatic heterocycles. The van der Waals surface area contributed by atoms with Crippen LogP contribution in [-0.2, 0) is 0 Å². The van der Waals surface area contributed by atoms with E-state index in [-0.39, 0.29) is 6.04 Å². The maximum absolute atomic E-state index is 4.00. The van der Waals surface area contributed by atoms with Crippen molar-refractivity contribution in [2.24, 2.45) is 11.8 Å². The Hall–Kier alpha value is -4.46.